The highest BCUT2D eigenvalue weighted by molar-refractivity contribution is 5.80. The average molecular weight is 408 g/mol. The standard InChI is InChI=1S/C21H34FN5O2/c1-4-11-24-20(28)15-27-12-9-18(10-13-27)26-21(23-3)25-14-16(2)29-19-7-5-17(22)6-8-19/h5-8,16,18H,4,9-15H2,1-3H3,(H,24,28)(H2,23,25,26). The minimum absolute atomic E-state index is 0.0949. The Hall–Kier alpha value is -2.35. The first-order valence-electron chi connectivity index (χ1n) is 10.4. The Kier molecular flexibility index (Phi) is 9.70. The van der Waals surface area contributed by atoms with Crippen LogP contribution in [-0.4, -0.2) is 68.7 Å². The number of carbonyl (C=O) groups excluding carboxylic acids is 1. The third kappa shape index (κ3) is 8.68. The number of nitrogens with zero attached hydrogens (tertiary/aromatic N) is 2. The summed E-state index contributed by atoms with van der Waals surface area (Å²) in [6.45, 7) is 7.56. The zero-order valence-electron chi connectivity index (χ0n) is 17.7. The molecule has 1 aromatic carbocycles. The summed E-state index contributed by atoms with van der Waals surface area (Å²) in [7, 11) is 1.74. The maximum absolute atomic E-state index is 13.0. The molecule has 2 rings (SSSR count). The van der Waals surface area contributed by atoms with Crippen LogP contribution in [0.5, 0.6) is 5.75 Å². The van der Waals surface area contributed by atoms with Crippen LogP contribution in [0.1, 0.15) is 33.1 Å². The molecule has 0 radical (unpaired) electrons. The number of rotatable bonds is 9. The summed E-state index contributed by atoms with van der Waals surface area (Å²) in [5, 5.41) is 9.65. The normalized spacial score (nSPS) is 16.9. The SMILES string of the molecule is CCCNC(=O)CN1CCC(NC(=NC)NCC(C)Oc2ccc(F)cc2)CC1. The van der Waals surface area contributed by atoms with Gasteiger partial charge in [0.15, 0.2) is 5.96 Å². The molecular formula is C21H34FN5O2. The Labute approximate surface area is 173 Å². The van der Waals surface area contributed by atoms with Gasteiger partial charge in [0.05, 0.1) is 13.1 Å². The van der Waals surface area contributed by atoms with Crippen LogP contribution in [0.2, 0.25) is 0 Å². The Morgan fingerprint density at radius 1 is 1.28 bits per heavy atom. The van der Waals surface area contributed by atoms with E-state index in [-0.39, 0.29) is 17.8 Å². The van der Waals surface area contributed by atoms with Gasteiger partial charge < -0.3 is 20.7 Å². The predicted molar refractivity (Wildman–Crippen MR) is 114 cm³/mol. The molecule has 0 spiro atoms. The largest absolute Gasteiger partial charge is 0.489 e. The van der Waals surface area contributed by atoms with E-state index in [4.69, 9.17) is 4.74 Å². The fourth-order valence-corrected chi connectivity index (χ4v) is 3.17. The molecular weight excluding hydrogens is 373 g/mol. The maximum Gasteiger partial charge on any atom is 0.234 e. The maximum atomic E-state index is 13.0. The molecule has 0 aromatic heterocycles. The van der Waals surface area contributed by atoms with Gasteiger partial charge in [0, 0.05) is 32.7 Å². The van der Waals surface area contributed by atoms with Crippen LogP contribution in [0, 0.1) is 5.82 Å². The van der Waals surface area contributed by atoms with E-state index in [0.717, 1.165) is 44.9 Å². The fourth-order valence-electron chi connectivity index (χ4n) is 3.17. The van der Waals surface area contributed by atoms with Gasteiger partial charge in [0.2, 0.25) is 5.91 Å². The van der Waals surface area contributed by atoms with Gasteiger partial charge >= 0.3 is 0 Å². The van der Waals surface area contributed by atoms with Crippen molar-refractivity contribution < 1.29 is 13.9 Å². The highest BCUT2D eigenvalue weighted by Crippen LogP contribution is 2.13. The first-order chi connectivity index (χ1) is 14.0. The lowest BCUT2D eigenvalue weighted by atomic mass is 10.1. The number of halogens is 1. The predicted octanol–water partition coefficient (Wildman–Crippen LogP) is 1.75. The van der Waals surface area contributed by atoms with Crippen molar-refractivity contribution in [3.63, 3.8) is 0 Å². The van der Waals surface area contributed by atoms with Gasteiger partial charge in [0.1, 0.15) is 17.7 Å². The number of piperidine rings is 1. The molecule has 29 heavy (non-hydrogen) atoms. The van der Waals surface area contributed by atoms with Gasteiger partial charge in [-0.3, -0.25) is 14.7 Å². The van der Waals surface area contributed by atoms with Crippen LogP contribution < -0.4 is 20.7 Å². The fraction of sp³-hybridized carbons (Fsp3) is 0.619. The molecule has 1 atom stereocenters. The lowest BCUT2D eigenvalue weighted by molar-refractivity contribution is -0.122. The monoisotopic (exact) mass is 407 g/mol. The van der Waals surface area contributed by atoms with Gasteiger partial charge in [0.25, 0.3) is 0 Å². The smallest absolute Gasteiger partial charge is 0.234 e. The second kappa shape index (κ2) is 12.3. The topological polar surface area (TPSA) is 78.0 Å². The quantitative estimate of drug-likeness (QED) is 0.429. The molecule has 0 saturated carbocycles. The molecule has 3 N–H and O–H groups in total. The zero-order valence-corrected chi connectivity index (χ0v) is 17.7. The summed E-state index contributed by atoms with van der Waals surface area (Å²) in [5.74, 6) is 1.20. The third-order valence-electron chi connectivity index (χ3n) is 4.80. The summed E-state index contributed by atoms with van der Waals surface area (Å²) in [6, 6.07) is 6.33. The van der Waals surface area contributed by atoms with E-state index >= 15 is 0 Å². The minimum atomic E-state index is -0.277. The average Bonchev–Trinajstić information content (AvgIpc) is 2.72. The Bertz CT molecular complexity index is 645. The number of ether oxygens (including phenoxy) is 1. The van der Waals surface area contributed by atoms with Crippen LogP contribution in [-0.2, 0) is 4.79 Å². The van der Waals surface area contributed by atoms with E-state index in [9.17, 15) is 9.18 Å². The molecule has 7 nitrogen and oxygen atoms in total. The number of guanidine groups is 1. The van der Waals surface area contributed by atoms with Gasteiger partial charge in [-0.25, -0.2) is 4.39 Å². The second-order valence-corrected chi connectivity index (χ2v) is 7.38. The van der Waals surface area contributed by atoms with Crippen LogP contribution in [0.15, 0.2) is 29.3 Å². The molecule has 0 bridgehead atoms. The highest BCUT2D eigenvalue weighted by Gasteiger charge is 2.21. The van der Waals surface area contributed by atoms with Crippen LogP contribution >= 0.6 is 0 Å². The third-order valence-corrected chi connectivity index (χ3v) is 4.80. The van der Waals surface area contributed by atoms with E-state index in [1.54, 1.807) is 19.2 Å². The van der Waals surface area contributed by atoms with Crippen LogP contribution in [0.4, 0.5) is 4.39 Å². The van der Waals surface area contributed by atoms with Crippen LogP contribution in [0.3, 0.4) is 0 Å². The molecule has 0 aliphatic carbocycles. The first-order valence-corrected chi connectivity index (χ1v) is 10.4. The van der Waals surface area contributed by atoms with E-state index < -0.39 is 0 Å². The molecule has 1 saturated heterocycles. The van der Waals surface area contributed by atoms with E-state index in [1.165, 1.54) is 12.1 Å². The van der Waals surface area contributed by atoms with Crippen molar-refractivity contribution in [2.24, 2.45) is 4.99 Å². The molecule has 1 unspecified atom stereocenters. The number of aliphatic imine (C=N–C) groups is 1. The molecule has 1 heterocycles. The van der Waals surface area contributed by atoms with Crippen molar-refractivity contribution in [2.45, 2.75) is 45.3 Å². The summed E-state index contributed by atoms with van der Waals surface area (Å²) >= 11 is 0. The van der Waals surface area contributed by atoms with Gasteiger partial charge in [-0.15, -0.1) is 0 Å². The highest BCUT2D eigenvalue weighted by atomic mass is 19.1. The molecule has 1 fully saturated rings. The van der Waals surface area contributed by atoms with Crippen LogP contribution in [0.25, 0.3) is 0 Å². The van der Waals surface area contributed by atoms with E-state index in [2.05, 4.69) is 25.8 Å². The molecule has 1 aliphatic heterocycles. The first kappa shape index (κ1) is 22.9. The van der Waals surface area contributed by atoms with Crippen molar-refractivity contribution in [3.05, 3.63) is 30.1 Å². The van der Waals surface area contributed by atoms with Gasteiger partial charge in [-0.05, 0) is 50.5 Å². The molecule has 162 valence electrons. The van der Waals surface area contributed by atoms with Crippen molar-refractivity contribution in [1.29, 1.82) is 0 Å². The Morgan fingerprint density at radius 3 is 2.59 bits per heavy atom. The van der Waals surface area contributed by atoms with E-state index in [1.807, 2.05) is 13.8 Å². The molecule has 1 amide bonds. The number of carbonyl (C=O) groups is 1. The Balaban J connectivity index is 1.67. The number of hydrogen-bond donors (Lipinski definition) is 3. The lowest BCUT2D eigenvalue weighted by Crippen LogP contribution is -2.51. The number of benzene rings is 1. The number of amides is 1. The van der Waals surface area contributed by atoms with Gasteiger partial charge in [-0.1, -0.05) is 6.92 Å². The lowest BCUT2D eigenvalue weighted by Gasteiger charge is -2.32. The zero-order chi connectivity index (χ0) is 21.1. The number of hydrogen-bond acceptors (Lipinski definition) is 4. The second-order valence-electron chi connectivity index (χ2n) is 7.38. The summed E-state index contributed by atoms with van der Waals surface area (Å²) in [5.41, 5.74) is 0. The number of likely N-dealkylation sites (tertiary alicyclic amines) is 1. The number of nitrogens with one attached hydrogen (secondary N) is 3. The molecule has 1 aromatic rings. The minimum Gasteiger partial charge on any atom is -0.489 e. The summed E-state index contributed by atoms with van der Waals surface area (Å²) in [4.78, 5) is 18.3. The van der Waals surface area contributed by atoms with Crippen molar-refractivity contribution in [1.82, 2.24) is 20.9 Å². The molecule has 1 aliphatic rings. The summed E-state index contributed by atoms with van der Waals surface area (Å²) in [6.07, 6.45) is 2.78. The molecule has 8 heteroatoms. The van der Waals surface area contributed by atoms with Crippen molar-refractivity contribution in [3.8, 4) is 5.75 Å². The van der Waals surface area contributed by atoms with Gasteiger partial charge in [-0.2, -0.15) is 0 Å². The van der Waals surface area contributed by atoms with E-state index in [0.29, 0.717) is 24.9 Å². The van der Waals surface area contributed by atoms with Crippen molar-refractivity contribution in [2.75, 3.05) is 39.8 Å². The van der Waals surface area contributed by atoms with Crippen molar-refractivity contribution >= 4 is 11.9 Å². The summed E-state index contributed by atoms with van der Waals surface area (Å²) < 4.78 is 18.7. The Morgan fingerprint density at radius 2 is 1.97 bits per heavy atom.